The number of rotatable bonds is 5. The average Bonchev–Trinajstić information content (AvgIpc) is 2.75. The summed E-state index contributed by atoms with van der Waals surface area (Å²) in [6, 6.07) is 7.55. The molecule has 2 aromatic rings. The minimum absolute atomic E-state index is 0.158. The van der Waals surface area contributed by atoms with Gasteiger partial charge in [-0.3, -0.25) is 0 Å². The maximum Gasteiger partial charge on any atom is 0.511 e. The summed E-state index contributed by atoms with van der Waals surface area (Å²) in [6.07, 6.45) is -1.69. The van der Waals surface area contributed by atoms with Crippen LogP contribution in [0.2, 0.25) is 0 Å². The molecule has 3 rings (SSSR count). The first kappa shape index (κ1) is 25.1. The van der Waals surface area contributed by atoms with Crippen molar-refractivity contribution >= 4 is 19.9 Å². The Balaban J connectivity index is 2.06. The number of alkyl halides is 3. The number of hydrogen-bond acceptors (Lipinski definition) is 5. The highest BCUT2D eigenvalue weighted by Gasteiger charge is 2.52. The van der Waals surface area contributed by atoms with Crippen LogP contribution in [0.15, 0.2) is 47.4 Å². The summed E-state index contributed by atoms with van der Waals surface area (Å²) in [4.78, 5) is -0.292. The van der Waals surface area contributed by atoms with Crippen molar-refractivity contribution in [3.05, 3.63) is 65.2 Å². The van der Waals surface area contributed by atoms with E-state index >= 15 is 0 Å². The van der Waals surface area contributed by atoms with Gasteiger partial charge in [0.15, 0.2) is 9.84 Å². The van der Waals surface area contributed by atoms with Crippen LogP contribution in [-0.2, 0) is 24.6 Å². The number of nitriles is 1. The SMILES string of the molecule is N#Cc1ccc(S(=O)(=O)[C@]2(c3cc(F)ccc3F)CC[C@H](NS(=O)(=O)C(F)(F)F)CC2)cc1. The quantitative estimate of drug-likeness (QED) is 0.618. The van der Waals surface area contributed by atoms with Gasteiger partial charge in [-0.1, -0.05) is 0 Å². The van der Waals surface area contributed by atoms with Gasteiger partial charge in [0.25, 0.3) is 0 Å². The Hall–Kier alpha value is -2.56. The maximum atomic E-state index is 14.8. The fourth-order valence-corrected chi connectivity index (χ4v) is 6.92. The van der Waals surface area contributed by atoms with Crippen molar-refractivity contribution in [1.29, 1.82) is 5.26 Å². The molecule has 1 aliphatic carbocycles. The smallest absolute Gasteiger partial charge is 0.223 e. The lowest BCUT2D eigenvalue weighted by atomic mass is 9.80. The number of benzene rings is 2. The van der Waals surface area contributed by atoms with Crippen LogP contribution in [0.25, 0.3) is 0 Å². The molecule has 1 fully saturated rings. The summed E-state index contributed by atoms with van der Waals surface area (Å²) in [7, 11) is -10.1. The van der Waals surface area contributed by atoms with E-state index in [1.54, 1.807) is 0 Å². The zero-order valence-electron chi connectivity index (χ0n) is 16.7. The van der Waals surface area contributed by atoms with Crippen LogP contribution in [-0.4, -0.2) is 28.4 Å². The molecule has 2 aromatic carbocycles. The van der Waals surface area contributed by atoms with E-state index in [0.717, 1.165) is 30.3 Å². The summed E-state index contributed by atoms with van der Waals surface area (Å²) in [5, 5.41) is 8.93. The molecule has 178 valence electrons. The number of sulfone groups is 1. The van der Waals surface area contributed by atoms with Gasteiger partial charge >= 0.3 is 15.5 Å². The first-order valence-electron chi connectivity index (χ1n) is 9.52. The van der Waals surface area contributed by atoms with Gasteiger partial charge in [0, 0.05) is 11.6 Å². The topological polar surface area (TPSA) is 104 Å². The second kappa shape index (κ2) is 8.66. The molecule has 33 heavy (non-hydrogen) atoms. The summed E-state index contributed by atoms with van der Waals surface area (Å²) in [5.41, 5.74) is -5.89. The van der Waals surface area contributed by atoms with Gasteiger partial charge in [0.1, 0.15) is 16.4 Å². The Morgan fingerprint density at radius 1 is 0.970 bits per heavy atom. The van der Waals surface area contributed by atoms with E-state index in [1.807, 2.05) is 6.07 Å². The molecule has 0 spiro atoms. The lowest BCUT2D eigenvalue weighted by molar-refractivity contribution is -0.0452. The summed E-state index contributed by atoms with van der Waals surface area (Å²) in [6.45, 7) is 0. The van der Waals surface area contributed by atoms with E-state index < -0.39 is 66.2 Å². The lowest BCUT2D eigenvalue weighted by Gasteiger charge is -2.40. The Morgan fingerprint density at radius 2 is 1.55 bits per heavy atom. The molecule has 0 heterocycles. The third-order valence-electron chi connectivity index (χ3n) is 5.65. The van der Waals surface area contributed by atoms with Crippen molar-refractivity contribution in [2.75, 3.05) is 0 Å². The molecular weight excluding hydrogens is 491 g/mol. The molecule has 0 aromatic heterocycles. The predicted octanol–water partition coefficient (Wildman–Crippen LogP) is 3.89. The molecule has 1 aliphatic rings. The van der Waals surface area contributed by atoms with Gasteiger partial charge in [-0.25, -0.2) is 30.3 Å². The molecule has 0 unspecified atom stereocenters. The molecule has 0 radical (unpaired) electrons. The Kier molecular flexibility index (Phi) is 6.58. The van der Waals surface area contributed by atoms with Crippen LogP contribution in [0, 0.1) is 23.0 Å². The number of nitrogens with one attached hydrogen (secondary N) is 1. The maximum absolute atomic E-state index is 14.8. The van der Waals surface area contributed by atoms with Gasteiger partial charge in [-0.2, -0.15) is 18.4 Å². The summed E-state index contributed by atoms with van der Waals surface area (Å²) >= 11 is 0. The molecule has 13 heteroatoms. The second-order valence-electron chi connectivity index (χ2n) is 7.60. The van der Waals surface area contributed by atoms with Crippen molar-refractivity contribution in [3.8, 4) is 6.07 Å². The van der Waals surface area contributed by atoms with E-state index in [0.29, 0.717) is 0 Å². The van der Waals surface area contributed by atoms with Gasteiger partial charge < -0.3 is 0 Å². The Labute approximate surface area is 187 Å². The van der Waals surface area contributed by atoms with Crippen molar-refractivity contribution in [1.82, 2.24) is 4.72 Å². The number of hydrogen-bond donors (Lipinski definition) is 1. The van der Waals surface area contributed by atoms with E-state index in [9.17, 15) is 38.8 Å². The molecule has 6 nitrogen and oxygen atoms in total. The van der Waals surface area contributed by atoms with Crippen molar-refractivity contribution in [2.24, 2.45) is 0 Å². The van der Waals surface area contributed by atoms with Crippen molar-refractivity contribution < 1.29 is 38.8 Å². The normalized spacial score (nSPS) is 22.0. The third kappa shape index (κ3) is 4.60. The van der Waals surface area contributed by atoms with Crippen molar-refractivity contribution in [2.45, 2.75) is 46.9 Å². The first-order chi connectivity index (χ1) is 15.2. The summed E-state index contributed by atoms with van der Waals surface area (Å²) < 4.78 is 116. The highest BCUT2D eigenvalue weighted by molar-refractivity contribution is 7.92. The zero-order valence-corrected chi connectivity index (χ0v) is 18.4. The Bertz CT molecular complexity index is 1290. The number of halogens is 5. The predicted molar refractivity (Wildman–Crippen MR) is 107 cm³/mol. The van der Waals surface area contributed by atoms with E-state index in [1.165, 1.54) is 16.9 Å². The minimum Gasteiger partial charge on any atom is -0.223 e. The zero-order chi connectivity index (χ0) is 24.7. The summed E-state index contributed by atoms with van der Waals surface area (Å²) in [5.74, 6) is -1.94. The average molecular weight is 508 g/mol. The van der Waals surface area contributed by atoms with E-state index in [2.05, 4.69) is 0 Å². The van der Waals surface area contributed by atoms with Gasteiger partial charge in [0.2, 0.25) is 0 Å². The molecule has 0 atom stereocenters. The van der Waals surface area contributed by atoms with Crippen LogP contribution >= 0.6 is 0 Å². The van der Waals surface area contributed by atoms with Gasteiger partial charge in [0.05, 0.1) is 16.5 Å². The minimum atomic E-state index is -5.67. The Morgan fingerprint density at radius 3 is 2.06 bits per heavy atom. The van der Waals surface area contributed by atoms with E-state index in [-0.39, 0.29) is 23.3 Å². The van der Waals surface area contributed by atoms with Crippen LogP contribution in [0.5, 0.6) is 0 Å². The highest BCUT2D eigenvalue weighted by Crippen LogP contribution is 2.48. The monoisotopic (exact) mass is 508 g/mol. The first-order valence-corrected chi connectivity index (χ1v) is 12.5. The van der Waals surface area contributed by atoms with Crippen LogP contribution in [0.1, 0.15) is 36.8 Å². The fraction of sp³-hybridized carbons (Fsp3) is 0.350. The van der Waals surface area contributed by atoms with E-state index in [4.69, 9.17) is 5.26 Å². The molecule has 0 saturated heterocycles. The standard InChI is InChI=1S/C20H17F5N2O4S2/c21-14-3-6-18(22)17(11-14)19(32(28,29)16-4-1-13(12-26)2-5-16)9-7-15(8-10-19)27-33(30,31)20(23,24)25/h1-6,11,15,27H,7-10H2/t15-,19+. The molecule has 0 amide bonds. The molecule has 0 aliphatic heterocycles. The molecule has 1 saturated carbocycles. The second-order valence-corrected chi connectivity index (χ2v) is 11.6. The molecular formula is C20H17F5N2O4S2. The highest BCUT2D eigenvalue weighted by atomic mass is 32.2. The van der Waals surface area contributed by atoms with Gasteiger partial charge in [-0.15, -0.1) is 0 Å². The third-order valence-corrected chi connectivity index (χ3v) is 9.45. The van der Waals surface area contributed by atoms with Crippen LogP contribution < -0.4 is 4.72 Å². The number of nitrogens with zero attached hydrogens (tertiary/aromatic N) is 1. The van der Waals surface area contributed by atoms with Crippen LogP contribution in [0.3, 0.4) is 0 Å². The van der Waals surface area contributed by atoms with Gasteiger partial charge in [-0.05, 0) is 68.1 Å². The van der Waals surface area contributed by atoms with Crippen LogP contribution in [0.4, 0.5) is 22.0 Å². The largest absolute Gasteiger partial charge is 0.511 e. The molecule has 0 bridgehead atoms. The van der Waals surface area contributed by atoms with Crippen molar-refractivity contribution in [3.63, 3.8) is 0 Å². The molecule has 1 N–H and O–H groups in total. The lowest BCUT2D eigenvalue weighted by Crippen LogP contribution is -2.48. The number of sulfonamides is 1. The fourth-order valence-electron chi connectivity index (χ4n) is 3.95.